The van der Waals surface area contributed by atoms with E-state index in [1.807, 2.05) is 0 Å². The van der Waals surface area contributed by atoms with Gasteiger partial charge in [0.2, 0.25) is 0 Å². The topological polar surface area (TPSA) is 87.9 Å². The lowest BCUT2D eigenvalue weighted by molar-refractivity contribution is -0.141. The lowest BCUT2D eigenvalue weighted by atomic mass is 10.2. The first-order chi connectivity index (χ1) is 8.60. The molecule has 0 saturated heterocycles. The molecular formula is C12H15NO5. The summed E-state index contributed by atoms with van der Waals surface area (Å²) in [5.74, 6) is -0.772. The highest BCUT2D eigenvalue weighted by Crippen LogP contribution is 2.26. The van der Waals surface area contributed by atoms with Gasteiger partial charge in [0.1, 0.15) is 12.2 Å². The SMILES string of the molecule is COC(=O)CCOC(=O)c1cccc(N)c1OC. The molecule has 6 nitrogen and oxygen atoms in total. The average Bonchev–Trinajstić information content (AvgIpc) is 2.37. The monoisotopic (exact) mass is 253 g/mol. The molecule has 6 heteroatoms. The van der Waals surface area contributed by atoms with Crippen LogP contribution in [0.15, 0.2) is 18.2 Å². The number of para-hydroxylation sites is 1. The van der Waals surface area contributed by atoms with Crippen LogP contribution < -0.4 is 10.5 Å². The molecule has 0 radical (unpaired) electrons. The third-order valence-electron chi connectivity index (χ3n) is 2.24. The molecule has 0 aliphatic rings. The highest BCUT2D eigenvalue weighted by molar-refractivity contribution is 5.94. The van der Waals surface area contributed by atoms with E-state index in [0.717, 1.165) is 0 Å². The Balaban J connectivity index is 2.67. The van der Waals surface area contributed by atoms with E-state index in [1.54, 1.807) is 12.1 Å². The van der Waals surface area contributed by atoms with E-state index in [1.165, 1.54) is 20.3 Å². The summed E-state index contributed by atoms with van der Waals surface area (Å²) in [5, 5.41) is 0. The fraction of sp³-hybridized carbons (Fsp3) is 0.333. The van der Waals surface area contributed by atoms with Gasteiger partial charge in [0, 0.05) is 0 Å². The molecule has 2 N–H and O–H groups in total. The van der Waals surface area contributed by atoms with Gasteiger partial charge < -0.3 is 19.9 Å². The van der Waals surface area contributed by atoms with Gasteiger partial charge in [-0.1, -0.05) is 6.07 Å². The van der Waals surface area contributed by atoms with Gasteiger partial charge in [0.05, 0.1) is 26.3 Å². The molecule has 0 aliphatic carbocycles. The summed E-state index contributed by atoms with van der Waals surface area (Å²) < 4.78 is 14.4. The molecule has 18 heavy (non-hydrogen) atoms. The van der Waals surface area contributed by atoms with Crippen molar-refractivity contribution < 1.29 is 23.8 Å². The number of nitrogen functional groups attached to an aromatic ring is 1. The van der Waals surface area contributed by atoms with Gasteiger partial charge in [-0.3, -0.25) is 4.79 Å². The van der Waals surface area contributed by atoms with Crippen LogP contribution in [0.2, 0.25) is 0 Å². The van der Waals surface area contributed by atoms with Crippen LogP contribution in [0.3, 0.4) is 0 Å². The minimum atomic E-state index is -0.594. The Bertz CT molecular complexity index is 444. The summed E-state index contributed by atoms with van der Waals surface area (Å²) >= 11 is 0. The molecule has 0 spiro atoms. The van der Waals surface area contributed by atoms with Gasteiger partial charge in [-0.15, -0.1) is 0 Å². The molecule has 1 rings (SSSR count). The number of anilines is 1. The maximum absolute atomic E-state index is 11.7. The maximum Gasteiger partial charge on any atom is 0.342 e. The second kappa shape index (κ2) is 6.48. The Morgan fingerprint density at radius 3 is 2.61 bits per heavy atom. The maximum atomic E-state index is 11.7. The van der Waals surface area contributed by atoms with Gasteiger partial charge >= 0.3 is 11.9 Å². The van der Waals surface area contributed by atoms with Gasteiger partial charge in [-0.25, -0.2) is 4.79 Å². The second-order valence-corrected chi connectivity index (χ2v) is 3.39. The second-order valence-electron chi connectivity index (χ2n) is 3.39. The minimum Gasteiger partial charge on any atom is -0.494 e. The highest BCUT2D eigenvalue weighted by Gasteiger charge is 2.16. The van der Waals surface area contributed by atoms with E-state index < -0.39 is 11.9 Å². The molecule has 0 amide bonds. The molecule has 98 valence electrons. The fourth-order valence-corrected chi connectivity index (χ4v) is 1.35. The van der Waals surface area contributed by atoms with Crippen molar-refractivity contribution >= 4 is 17.6 Å². The van der Waals surface area contributed by atoms with Gasteiger partial charge in [-0.05, 0) is 12.1 Å². The molecular weight excluding hydrogens is 238 g/mol. The number of carbonyl (C=O) groups excluding carboxylic acids is 2. The van der Waals surface area contributed by atoms with Gasteiger partial charge in [-0.2, -0.15) is 0 Å². The third kappa shape index (κ3) is 3.38. The first kappa shape index (κ1) is 13.8. The number of hydrogen-bond donors (Lipinski definition) is 1. The van der Waals surface area contributed by atoms with Crippen LogP contribution in [-0.2, 0) is 14.3 Å². The third-order valence-corrected chi connectivity index (χ3v) is 2.24. The Hall–Kier alpha value is -2.24. The molecule has 0 heterocycles. The lowest BCUT2D eigenvalue weighted by Gasteiger charge is -2.10. The van der Waals surface area contributed by atoms with E-state index in [-0.39, 0.29) is 24.3 Å². The lowest BCUT2D eigenvalue weighted by Crippen LogP contribution is -2.12. The van der Waals surface area contributed by atoms with E-state index in [9.17, 15) is 9.59 Å². The fourth-order valence-electron chi connectivity index (χ4n) is 1.35. The predicted molar refractivity (Wildman–Crippen MR) is 64.3 cm³/mol. The molecule has 0 unspecified atom stereocenters. The zero-order valence-electron chi connectivity index (χ0n) is 10.3. The first-order valence-electron chi connectivity index (χ1n) is 5.26. The molecule has 0 aliphatic heterocycles. The number of rotatable bonds is 5. The van der Waals surface area contributed by atoms with E-state index in [2.05, 4.69) is 4.74 Å². The molecule has 0 aromatic heterocycles. The van der Waals surface area contributed by atoms with Gasteiger partial charge in [0.25, 0.3) is 0 Å². The Labute approximate surface area is 105 Å². The van der Waals surface area contributed by atoms with Crippen LogP contribution in [-0.4, -0.2) is 32.8 Å². The Morgan fingerprint density at radius 2 is 2.00 bits per heavy atom. The van der Waals surface area contributed by atoms with Crippen LogP contribution >= 0.6 is 0 Å². The number of ether oxygens (including phenoxy) is 3. The smallest absolute Gasteiger partial charge is 0.342 e. The van der Waals surface area contributed by atoms with Crippen molar-refractivity contribution in [1.29, 1.82) is 0 Å². The Kier molecular flexibility index (Phi) is 4.98. The standard InChI is InChI=1S/C12H15NO5/c1-16-10(14)6-7-18-12(15)8-4-3-5-9(13)11(8)17-2/h3-5H,6-7,13H2,1-2H3. The summed E-state index contributed by atoms with van der Waals surface area (Å²) in [5.41, 5.74) is 6.23. The van der Waals surface area contributed by atoms with Crippen molar-refractivity contribution in [2.75, 3.05) is 26.6 Å². The van der Waals surface area contributed by atoms with Crippen molar-refractivity contribution in [3.8, 4) is 5.75 Å². The van der Waals surface area contributed by atoms with Crippen LogP contribution in [0, 0.1) is 0 Å². The highest BCUT2D eigenvalue weighted by atomic mass is 16.5. The minimum absolute atomic E-state index is 0.00682. The molecule has 1 aromatic carbocycles. The van der Waals surface area contributed by atoms with Crippen molar-refractivity contribution in [3.63, 3.8) is 0 Å². The van der Waals surface area contributed by atoms with Crippen LogP contribution in [0.4, 0.5) is 5.69 Å². The molecule has 0 fully saturated rings. The first-order valence-corrected chi connectivity index (χ1v) is 5.26. The van der Waals surface area contributed by atoms with E-state index >= 15 is 0 Å². The normalized spacial score (nSPS) is 9.67. The number of benzene rings is 1. The zero-order chi connectivity index (χ0) is 13.5. The van der Waals surface area contributed by atoms with Crippen molar-refractivity contribution in [2.24, 2.45) is 0 Å². The number of methoxy groups -OCH3 is 2. The largest absolute Gasteiger partial charge is 0.494 e. The van der Waals surface area contributed by atoms with E-state index in [4.69, 9.17) is 15.2 Å². The quantitative estimate of drug-likeness (QED) is 0.622. The molecule has 0 bridgehead atoms. The average molecular weight is 253 g/mol. The van der Waals surface area contributed by atoms with Crippen molar-refractivity contribution in [1.82, 2.24) is 0 Å². The number of esters is 2. The van der Waals surface area contributed by atoms with Crippen LogP contribution in [0.25, 0.3) is 0 Å². The number of nitrogens with two attached hydrogens (primary N) is 1. The zero-order valence-corrected chi connectivity index (χ0v) is 10.3. The van der Waals surface area contributed by atoms with Crippen LogP contribution in [0.5, 0.6) is 5.75 Å². The predicted octanol–water partition coefficient (Wildman–Crippen LogP) is 0.997. The van der Waals surface area contributed by atoms with E-state index in [0.29, 0.717) is 5.69 Å². The summed E-state index contributed by atoms with van der Waals surface area (Å²) in [7, 11) is 2.68. The summed E-state index contributed by atoms with van der Waals surface area (Å²) in [6.07, 6.45) is 0.00682. The molecule has 0 atom stereocenters. The van der Waals surface area contributed by atoms with Gasteiger partial charge in [0.15, 0.2) is 5.75 Å². The molecule has 0 saturated carbocycles. The number of carbonyl (C=O) groups is 2. The van der Waals surface area contributed by atoms with Crippen LogP contribution in [0.1, 0.15) is 16.8 Å². The summed E-state index contributed by atoms with van der Waals surface area (Å²) in [6.45, 7) is -0.0521. The summed E-state index contributed by atoms with van der Waals surface area (Å²) in [4.78, 5) is 22.6. The summed E-state index contributed by atoms with van der Waals surface area (Å²) in [6, 6.07) is 4.77. The molecule has 1 aromatic rings. The number of hydrogen-bond acceptors (Lipinski definition) is 6. The van der Waals surface area contributed by atoms with Crippen molar-refractivity contribution in [2.45, 2.75) is 6.42 Å². The Morgan fingerprint density at radius 1 is 1.28 bits per heavy atom. The van der Waals surface area contributed by atoms with Crippen molar-refractivity contribution in [3.05, 3.63) is 23.8 Å².